The SMILES string of the molecule is NC(c1ccc(F)c(F)c1)C1COc2ccccc2O1. The van der Waals surface area contributed by atoms with Crippen molar-refractivity contribution in [3.8, 4) is 11.5 Å². The molecule has 0 spiro atoms. The summed E-state index contributed by atoms with van der Waals surface area (Å²) in [5.41, 5.74) is 6.52. The van der Waals surface area contributed by atoms with Crippen LogP contribution in [0.2, 0.25) is 0 Å². The van der Waals surface area contributed by atoms with Gasteiger partial charge in [0.05, 0.1) is 6.04 Å². The molecule has 0 aliphatic carbocycles. The quantitative estimate of drug-likeness (QED) is 0.918. The van der Waals surface area contributed by atoms with E-state index >= 15 is 0 Å². The largest absolute Gasteiger partial charge is 0.486 e. The van der Waals surface area contributed by atoms with Gasteiger partial charge < -0.3 is 15.2 Å². The van der Waals surface area contributed by atoms with E-state index in [4.69, 9.17) is 15.2 Å². The van der Waals surface area contributed by atoms with Crippen molar-refractivity contribution >= 4 is 0 Å². The van der Waals surface area contributed by atoms with Crippen molar-refractivity contribution in [1.82, 2.24) is 0 Å². The van der Waals surface area contributed by atoms with Gasteiger partial charge in [-0.05, 0) is 29.8 Å². The Bertz CT molecular complexity index is 633. The molecule has 0 amide bonds. The van der Waals surface area contributed by atoms with Crippen molar-refractivity contribution in [3.63, 3.8) is 0 Å². The van der Waals surface area contributed by atoms with Crippen molar-refractivity contribution in [2.45, 2.75) is 12.1 Å². The van der Waals surface area contributed by atoms with Crippen LogP contribution in [0.4, 0.5) is 8.78 Å². The Morgan fingerprint density at radius 2 is 1.80 bits per heavy atom. The molecule has 0 bridgehead atoms. The van der Waals surface area contributed by atoms with Crippen LogP contribution >= 0.6 is 0 Å². The van der Waals surface area contributed by atoms with Gasteiger partial charge in [0, 0.05) is 0 Å². The highest BCUT2D eigenvalue weighted by Gasteiger charge is 2.28. The molecule has 3 nitrogen and oxygen atoms in total. The minimum atomic E-state index is -0.921. The number of para-hydroxylation sites is 2. The highest BCUT2D eigenvalue weighted by molar-refractivity contribution is 5.41. The Balaban J connectivity index is 1.82. The number of hydrogen-bond donors (Lipinski definition) is 1. The standard InChI is InChI=1S/C15H13F2NO2/c16-10-6-5-9(7-11(10)17)15(18)14-8-19-12-3-1-2-4-13(12)20-14/h1-7,14-15H,8,18H2. The Kier molecular flexibility index (Phi) is 3.28. The summed E-state index contributed by atoms with van der Waals surface area (Å²) in [5.74, 6) is -0.565. The number of benzene rings is 2. The summed E-state index contributed by atoms with van der Waals surface area (Å²) < 4.78 is 37.5. The van der Waals surface area contributed by atoms with E-state index in [0.717, 1.165) is 12.1 Å². The molecule has 5 heteroatoms. The molecule has 0 radical (unpaired) electrons. The van der Waals surface area contributed by atoms with E-state index in [2.05, 4.69) is 0 Å². The summed E-state index contributed by atoms with van der Waals surface area (Å²) >= 11 is 0. The molecular formula is C15H13F2NO2. The van der Waals surface area contributed by atoms with Gasteiger partial charge >= 0.3 is 0 Å². The van der Waals surface area contributed by atoms with Crippen LogP contribution in [0, 0.1) is 11.6 Å². The predicted octanol–water partition coefficient (Wildman–Crippen LogP) is 2.80. The first-order chi connectivity index (χ1) is 9.65. The summed E-state index contributed by atoms with van der Waals surface area (Å²) in [6, 6.07) is 10.2. The molecule has 0 saturated heterocycles. The molecule has 0 fully saturated rings. The van der Waals surface area contributed by atoms with Crippen LogP contribution in [-0.4, -0.2) is 12.7 Å². The van der Waals surface area contributed by atoms with Crippen LogP contribution in [0.1, 0.15) is 11.6 Å². The summed E-state index contributed by atoms with van der Waals surface area (Å²) in [4.78, 5) is 0. The Hall–Kier alpha value is -2.14. The third-order valence-electron chi connectivity index (χ3n) is 3.26. The smallest absolute Gasteiger partial charge is 0.161 e. The minimum Gasteiger partial charge on any atom is -0.486 e. The molecule has 3 rings (SSSR count). The summed E-state index contributed by atoms with van der Waals surface area (Å²) in [7, 11) is 0. The average Bonchev–Trinajstić information content (AvgIpc) is 2.49. The number of ether oxygens (including phenoxy) is 2. The molecule has 2 unspecified atom stereocenters. The number of fused-ring (bicyclic) bond motifs is 1. The van der Waals surface area contributed by atoms with Crippen molar-refractivity contribution < 1.29 is 18.3 Å². The van der Waals surface area contributed by atoms with E-state index in [1.807, 2.05) is 12.1 Å². The Morgan fingerprint density at radius 1 is 1.05 bits per heavy atom. The first kappa shape index (κ1) is 12.9. The number of rotatable bonds is 2. The molecule has 2 aromatic carbocycles. The normalized spacial score (nSPS) is 18.6. The summed E-state index contributed by atoms with van der Waals surface area (Å²) in [6.45, 7) is 0.261. The maximum absolute atomic E-state index is 13.2. The molecule has 1 aliphatic rings. The van der Waals surface area contributed by atoms with Gasteiger partial charge in [-0.1, -0.05) is 18.2 Å². The monoisotopic (exact) mass is 277 g/mol. The molecule has 104 valence electrons. The fraction of sp³-hybridized carbons (Fsp3) is 0.200. The van der Waals surface area contributed by atoms with Gasteiger partial charge in [-0.3, -0.25) is 0 Å². The van der Waals surface area contributed by atoms with E-state index in [9.17, 15) is 8.78 Å². The van der Waals surface area contributed by atoms with Crippen LogP contribution in [0.25, 0.3) is 0 Å². The maximum Gasteiger partial charge on any atom is 0.161 e. The molecule has 2 aromatic rings. The summed E-state index contributed by atoms with van der Waals surface area (Å²) in [5, 5.41) is 0. The van der Waals surface area contributed by atoms with Gasteiger partial charge in [-0.25, -0.2) is 8.78 Å². The maximum atomic E-state index is 13.2. The Morgan fingerprint density at radius 3 is 2.55 bits per heavy atom. The van der Waals surface area contributed by atoms with Crippen LogP contribution in [-0.2, 0) is 0 Å². The van der Waals surface area contributed by atoms with Gasteiger partial charge in [-0.15, -0.1) is 0 Å². The third kappa shape index (κ3) is 2.32. The fourth-order valence-electron chi connectivity index (χ4n) is 2.15. The van der Waals surface area contributed by atoms with Crippen LogP contribution in [0.5, 0.6) is 11.5 Å². The van der Waals surface area contributed by atoms with E-state index in [-0.39, 0.29) is 6.61 Å². The van der Waals surface area contributed by atoms with Crippen LogP contribution in [0.15, 0.2) is 42.5 Å². The van der Waals surface area contributed by atoms with Gasteiger partial charge in [-0.2, -0.15) is 0 Å². The van der Waals surface area contributed by atoms with Gasteiger partial charge in [0.15, 0.2) is 29.2 Å². The highest BCUT2D eigenvalue weighted by atomic mass is 19.2. The van der Waals surface area contributed by atoms with Gasteiger partial charge in [0.25, 0.3) is 0 Å². The van der Waals surface area contributed by atoms with E-state index in [1.54, 1.807) is 12.1 Å². The summed E-state index contributed by atoms with van der Waals surface area (Å²) in [6.07, 6.45) is -0.449. The lowest BCUT2D eigenvalue weighted by Crippen LogP contribution is -2.39. The Labute approximate surface area is 114 Å². The zero-order chi connectivity index (χ0) is 14.1. The highest BCUT2D eigenvalue weighted by Crippen LogP contribution is 2.33. The molecule has 2 atom stereocenters. The van der Waals surface area contributed by atoms with Crippen LogP contribution < -0.4 is 15.2 Å². The lowest BCUT2D eigenvalue weighted by molar-refractivity contribution is 0.0720. The lowest BCUT2D eigenvalue weighted by Gasteiger charge is -2.30. The first-order valence-corrected chi connectivity index (χ1v) is 6.24. The third-order valence-corrected chi connectivity index (χ3v) is 3.26. The molecule has 1 heterocycles. The number of halogens is 2. The van der Waals surface area contributed by atoms with Crippen LogP contribution in [0.3, 0.4) is 0 Å². The first-order valence-electron chi connectivity index (χ1n) is 6.24. The number of hydrogen-bond acceptors (Lipinski definition) is 3. The predicted molar refractivity (Wildman–Crippen MR) is 69.6 cm³/mol. The zero-order valence-electron chi connectivity index (χ0n) is 10.6. The van der Waals surface area contributed by atoms with E-state index < -0.39 is 23.8 Å². The van der Waals surface area contributed by atoms with Crippen molar-refractivity contribution in [2.75, 3.05) is 6.61 Å². The van der Waals surface area contributed by atoms with E-state index in [0.29, 0.717) is 17.1 Å². The van der Waals surface area contributed by atoms with E-state index in [1.165, 1.54) is 6.07 Å². The lowest BCUT2D eigenvalue weighted by atomic mass is 10.0. The van der Waals surface area contributed by atoms with Gasteiger partial charge in [0.1, 0.15) is 6.61 Å². The van der Waals surface area contributed by atoms with Crippen molar-refractivity contribution in [2.24, 2.45) is 5.73 Å². The second-order valence-corrected chi connectivity index (χ2v) is 4.61. The van der Waals surface area contributed by atoms with Gasteiger partial charge in [0.2, 0.25) is 0 Å². The zero-order valence-corrected chi connectivity index (χ0v) is 10.6. The second-order valence-electron chi connectivity index (χ2n) is 4.61. The van der Waals surface area contributed by atoms with Crippen molar-refractivity contribution in [3.05, 3.63) is 59.7 Å². The fourth-order valence-corrected chi connectivity index (χ4v) is 2.15. The van der Waals surface area contributed by atoms with Crippen molar-refractivity contribution in [1.29, 1.82) is 0 Å². The molecule has 1 aliphatic heterocycles. The minimum absolute atomic E-state index is 0.261. The molecular weight excluding hydrogens is 264 g/mol. The topological polar surface area (TPSA) is 44.5 Å². The molecule has 0 aromatic heterocycles. The molecule has 0 saturated carbocycles. The number of nitrogens with two attached hydrogens (primary N) is 1. The molecule has 2 N–H and O–H groups in total. The second kappa shape index (κ2) is 5.09. The average molecular weight is 277 g/mol. The molecule has 20 heavy (non-hydrogen) atoms.